The van der Waals surface area contributed by atoms with E-state index in [1.165, 1.54) is 27.4 Å². The molecule has 31 heavy (non-hydrogen) atoms. The van der Waals surface area contributed by atoms with E-state index in [2.05, 4.69) is 17.0 Å². The van der Waals surface area contributed by atoms with Crippen LogP contribution in [0, 0.1) is 0 Å². The molecule has 2 aliphatic heterocycles. The van der Waals surface area contributed by atoms with E-state index in [4.69, 9.17) is 4.74 Å². The third-order valence-electron chi connectivity index (χ3n) is 5.86. The minimum absolute atomic E-state index is 0.219. The predicted octanol–water partition coefficient (Wildman–Crippen LogP) is 4.10. The van der Waals surface area contributed by atoms with E-state index in [0.29, 0.717) is 17.8 Å². The fourth-order valence-electron chi connectivity index (χ4n) is 4.24. The van der Waals surface area contributed by atoms with Gasteiger partial charge in [0.15, 0.2) is 0 Å². The molecule has 3 heterocycles. The molecule has 2 amide bonds. The smallest absolute Gasteiger partial charge is 0.278 e. The van der Waals surface area contributed by atoms with Crippen LogP contribution >= 0.6 is 11.3 Å². The third kappa shape index (κ3) is 3.53. The van der Waals surface area contributed by atoms with Crippen LogP contribution in [0.4, 0.5) is 0 Å². The molecule has 1 aromatic heterocycles. The number of carbonyl (C=O) groups is 2. The highest BCUT2D eigenvalue weighted by molar-refractivity contribution is 7.11. The summed E-state index contributed by atoms with van der Waals surface area (Å²) in [5, 5.41) is 1.94. The molecule has 0 radical (unpaired) electrons. The first-order chi connectivity index (χ1) is 15.2. The lowest BCUT2D eigenvalue weighted by molar-refractivity contribution is -0.138. The number of hydrogen-bond acceptors (Lipinski definition) is 5. The van der Waals surface area contributed by atoms with Crippen LogP contribution in [0.1, 0.15) is 21.6 Å². The zero-order valence-corrected chi connectivity index (χ0v) is 18.0. The van der Waals surface area contributed by atoms with Crippen molar-refractivity contribution >= 4 is 28.7 Å². The largest absolute Gasteiger partial charge is 0.497 e. The molecule has 5 rings (SSSR count). The summed E-state index contributed by atoms with van der Waals surface area (Å²) in [5.41, 5.74) is 4.45. The maximum Gasteiger partial charge on any atom is 0.278 e. The highest BCUT2D eigenvalue weighted by Gasteiger charge is 2.42. The minimum atomic E-state index is -0.225. The fraction of sp³-hybridized carbons (Fsp3) is 0.200. The third-order valence-corrected chi connectivity index (χ3v) is 6.75. The lowest BCUT2D eigenvalue weighted by Gasteiger charge is -2.31. The Hall–Kier alpha value is -3.38. The van der Waals surface area contributed by atoms with Gasteiger partial charge in [-0.3, -0.25) is 14.5 Å². The van der Waals surface area contributed by atoms with Crippen LogP contribution in [0.15, 0.2) is 71.7 Å². The summed E-state index contributed by atoms with van der Waals surface area (Å²) in [6.07, 6.45) is 0.858. The second-order valence-corrected chi connectivity index (χ2v) is 8.63. The van der Waals surface area contributed by atoms with Gasteiger partial charge in [-0.1, -0.05) is 42.5 Å². The Kier molecular flexibility index (Phi) is 5.08. The summed E-state index contributed by atoms with van der Waals surface area (Å²) in [7, 11) is 1.61. The molecular formula is C25H22N2O3S. The van der Waals surface area contributed by atoms with Gasteiger partial charge in [-0.15, -0.1) is 11.3 Å². The molecule has 0 saturated carbocycles. The molecule has 0 saturated heterocycles. The van der Waals surface area contributed by atoms with Crippen LogP contribution in [-0.2, 0) is 29.1 Å². The number of nitrogens with zero attached hydrogens (tertiary/aromatic N) is 2. The number of methoxy groups -OCH3 is 1. The number of amides is 2. The highest BCUT2D eigenvalue weighted by atomic mass is 32.1. The van der Waals surface area contributed by atoms with Crippen molar-refractivity contribution in [1.82, 2.24) is 9.80 Å². The van der Waals surface area contributed by atoms with Crippen molar-refractivity contribution < 1.29 is 14.3 Å². The molecular weight excluding hydrogens is 408 g/mol. The summed E-state index contributed by atoms with van der Waals surface area (Å²) in [4.78, 5) is 31.3. The van der Waals surface area contributed by atoms with Gasteiger partial charge < -0.3 is 9.64 Å². The van der Waals surface area contributed by atoms with E-state index in [0.717, 1.165) is 29.2 Å². The summed E-state index contributed by atoms with van der Waals surface area (Å²) >= 11 is 1.49. The molecule has 2 aliphatic rings. The van der Waals surface area contributed by atoms with E-state index in [9.17, 15) is 9.59 Å². The molecule has 156 valence electrons. The quantitative estimate of drug-likeness (QED) is 0.572. The number of benzene rings is 2. The van der Waals surface area contributed by atoms with Crippen molar-refractivity contribution in [2.24, 2.45) is 0 Å². The van der Waals surface area contributed by atoms with E-state index >= 15 is 0 Å². The Bertz CT molecular complexity index is 1170. The maximum atomic E-state index is 13.5. The number of carbonyl (C=O) groups excluding carboxylic acids is 2. The minimum Gasteiger partial charge on any atom is -0.497 e. The summed E-state index contributed by atoms with van der Waals surface area (Å²) in [6, 6.07) is 19.6. The molecule has 3 aromatic rings. The zero-order chi connectivity index (χ0) is 21.4. The Morgan fingerprint density at radius 2 is 1.71 bits per heavy atom. The molecule has 0 atom stereocenters. The first kappa shape index (κ1) is 19.6. The number of fused-ring (bicyclic) bond motifs is 1. The Morgan fingerprint density at radius 3 is 2.42 bits per heavy atom. The van der Waals surface area contributed by atoms with Crippen LogP contribution < -0.4 is 4.74 Å². The summed E-state index contributed by atoms with van der Waals surface area (Å²) < 4.78 is 5.21. The zero-order valence-electron chi connectivity index (χ0n) is 17.2. The molecule has 0 spiro atoms. The highest BCUT2D eigenvalue weighted by Crippen LogP contribution is 2.36. The van der Waals surface area contributed by atoms with Gasteiger partial charge in [-0.05, 0) is 46.7 Å². The first-order valence-corrected chi connectivity index (χ1v) is 11.1. The van der Waals surface area contributed by atoms with Gasteiger partial charge in [0.2, 0.25) is 0 Å². The SMILES string of the molecule is COc1ccc(CN2C(=O)C(c3cccs3)=C(N3CCc4ccccc4C3)C2=O)cc1. The predicted molar refractivity (Wildman–Crippen MR) is 120 cm³/mol. The Labute approximate surface area is 185 Å². The van der Waals surface area contributed by atoms with E-state index in [1.807, 2.05) is 53.9 Å². The molecule has 0 unspecified atom stereocenters. The number of ether oxygens (including phenoxy) is 1. The molecule has 5 nitrogen and oxygen atoms in total. The van der Waals surface area contributed by atoms with Crippen molar-refractivity contribution in [3.63, 3.8) is 0 Å². The fourth-order valence-corrected chi connectivity index (χ4v) is 5.01. The van der Waals surface area contributed by atoms with E-state index in [1.54, 1.807) is 7.11 Å². The Morgan fingerprint density at radius 1 is 0.935 bits per heavy atom. The number of imide groups is 1. The van der Waals surface area contributed by atoms with Crippen LogP contribution in [0.3, 0.4) is 0 Å². The van der Waals surface area contributed by atoms with E-state index < -0.39 is 0 Å². The second-order valence-electron chi connectivity index (χ2n) is 7.69. The van der Waals surface area contributed by atoms with Gasteiger partial charge in [-0.2, -0.15) is 0 Å². The average Bonchev–Trinajstić information content (AvgIpc) is 3.42. The van der Waals surface area contributed by atoms with Gasteiger partial charge in [0.05, 0.1) is 19.2 Å². The van der Waals surface area contributed by atoms with Crippen LogP contribution in [0.5, 0.6) is 5.75 Å². The Balaban J connectivity index is 1.49. The van der Waals surface area contributed by atoms with Crippen LogP contribution in [-0.4, -0.2) is 35.3 Å². The van der Waals surface area contributed by atoms with Crippen molar-refractivity contribution in [2.75, 3.05) is 13.7 Å². The molecule has 6 heteroatoms. The summed E-state index contributed by atoms with van der Waals surface area (Å²) in [5.74, 6) is 0.300. The van der Waals surface area contributed by atoms with Gasteiger partial charge in [0.25, 0.3) is 11.8 Å². The van der Waals surface area contributed by atoms with Gasteiger partial charge >= 0.3 is 0 Å². The molecule has 0 N–H and O–H groups in total. The standard InChI is InChI=1S/C25H22N2O3S/c1-30-20-10-8-17(9-11-20)15-27-24(28)22(21-7-4-14-31-21)23(25(27)29)26-13-12-18-5-2-3-6-19(18)16-26/h2-11,14H,12-13,15-16H2,1H3. The topological polar surface area (TPSA) is 49.9 Å². The number of rotatable bonds is 5. The van der Waals surface area contributed by atoms with Crippen LogP contribution in [0.2, 0.25) is 0 Å². The second kappa shape index (κ2) is 8.04. The maximum absolute atomic E-state index is 13.5. The summed E-state index contributed by atoms with van der Waals surface area (Å²) in [6.45, 7) is 1.59. The van der Waals surface area contributed by atoms with E-state index in [-0.39, 0.29) is 18.4 Å². The van der Waals surface area contributed by atoms with Gasteiger partial charge in [-0.25, -0.2) is 0 Å². The van der Waals surface area contributed by atoms with Crippen molar-refractivity contribution in [2.45, 2.75) is 19.5 Å². The van der Waals surface area contributed by atoms with Crippen molar-refractivity contribution in [3.05, 3.63) is 93.3 Å². The molecule has 2 aromatic carbocycles. The average molecular weight is 431 g/mol. The molecule has 0 aliphatic carbocycles. The lowest BCUT2D eigenvalue weighted by atomic mass is 9.99. The molecule has 0 bridgehead atoms. The van der Waals surface area contributed by atoms with Crippen LogP contribution in [0.25, 0.3) is 5.57 Å². The first-order valence-electron chi connectivity index (χ1n) is 10.2. The monoisotopic (exact) mass is 430 g/mol. The molecule has 0 fully saturated rings. The normalized spacial score (nSPS) is 16.2. The van der Waals surface area contributed by atoms with Gasteiger partial charge in [0.1, 0.15) is 11.4 Å². The lowest BCUT2D eigenvalue weighted by Crippen LogP contribution is -2.37. The van der Waals surface area contributed by atoms with Gasteiger partial charge in [0, 0.05) is 18.0 Å². The number of hydrogen-bond donors (Lipinski definition) is 0. The van der Waals surface area contributed by atoms with Crippen molar-refractivity contribution in [3.8, 4) is 5.75 Å². The van der Waals surface area contributed by atoms with Crippen molar-refractivity contribution in [1.29, 1.82) is 0 Å². The number of thiophene rings is 1.